The van der Waals surface area contributed by atoms with Crippen LogP contribution in [0.5, 0.6) is 0 Å². The maximum atomic E-state index is 12.5. The van der Waals surface area contributed by atoms with Crippen LogP contribution in [0.25, 0.3) is 0 Å². The van der Waals surface area contributed by atoms with Crippen LogP contribution in [0.2, 0.25) is 0 Å². The molecule has 1 aliphatic rings. The molecular formula is C36H69NO8. The molecule has 0 aromatic rings. The Hall–Kier alpha value is -1.07. The smallest absolute Gasteiger partial charge is 0.220 e. The van der Waals surface area contributed by atoms with Crippen molar-refractivity contribution in [1.29, 1.82) is 0 Å². The minimum absolute atomic E-state index is 0.188. The SMILES string of the molecule is CCCCCCCCCCCCCCCCCCC/C=C/C(O)C(COC1OC(CO)C(O)C(O)C1O)NC(=O)CCCCC. The monoisotopic (exact) mass is 644 g/mol. The van der Waals surface area contributed by atoms with Gasteiger partial charge in [0.15, 0.2) is 6.29 Å². The predicted octanol–water partition coefficient (Wildman–Crippen LogP) is 5.83. The molecule has 1 rings (SSSR count). The van der Waals surface area contributed by atoms with Crippen LogP contribution in [-0.4, -0.2) is 87.5 Å². The molecule has 7 atom stereocenters. The van der Waals surface area contributed by atoms with Crippen LogP contribution >= 0.6 is 0 Å². The van der Waals surface area contributed by atoms with Crippen molar-refractivity contribution < 1.29 is 39.8 Å². The molecule has 0 saturated carbocycles. The number of unbranched alkanes of at least 4 members (excludes halogenated alkanes) is 19. The largest absolute Gasteiger partial charge is 0.394 e. The van der Waals surface area contributed by atoms with Crippen LogP contribution < -0.4 is 5.32 Å². The van der Waals surface area contributed by atoms with Crippen LogP contribution in [0.3, 0.4) is 0 Å². The Bertz CT molecular complexity index is 721. The first-order valence-electron chi connectivity index (χ1n) is 18.4. The van der Waals surface area contributed by atoms with Crippen LogP contribution in [0, 0.1) is 0 Å². The van der Waals surface area contributed by atoms with Crippen LogP contribution in [0.1, 0.15) is 155 Å². The van der Waals surface area contributed by atoms with Crippen molar-refractivity contribution >= 4 is 5.91 Å². The van der Waals surface area contributed by atoms with E-state index in [2.05, 4.69) is 19.2 Å². The molecule has 0 spiro atoms. The van der Waals surface area contributed by atoms with Gasteiger partial charge in [0, 0.05) is 6.42 Å². The van der Waals surface area contributed by atoms with Crippen LogP contribution in [0.4, 0.5) is 0 Å². The highest BCUT2D eigenvalue weighted by molar-refractivity contribution is 5.76. The minimum Gasteiger partial charge on any atom is -0.394 e. The quantitative estimate of drug-likeness (QED) is 0.0441. The highest BCUT2D eigenvalue weighted by Crippen LogP contribution is 2.22. The molecule has 0 bridgehead atoms. The number of aliphatic hydroxyl groups excluding tert-OH is 5. The van der Waals surface area contributed by atoms with Gasteiger partial charge in [0.1, 0.15) is 24.4 Å². The van der Waals surface area contributed by atoms with Gasteiger partial charge < -0.3 is 40.3 Å². The molecule has 1 aliphatic heterocycles. The van der Waals surface area contributed by atoms with Crippen LogP contribution in [0.15, 0.2) is 12.2 Å². The van der Waals surface area contributed by atoms with Gasteiger partial charge in [-0.25, -0.2) is 0 Å². The molecule has 6 N–H and O–H groups in total. The fourth-order valence-electron chi connectivity index (χ4n) is 5.80. The van der Waals surface area contributed by atoms with E-state index in [0.29, 0.717) is 6.42 Å². The molecule has 0 aromatic heterocycles. The maximum absolute atomic E-state index is 12.5. The Balaban J connectivity index is 2.27. The molecule has 266 valence electrons. The zero-order chi connectivity index (χ0) is 33.1. The van der Waals surface area contributed by atoms with Crippen molar-refractivity contribution in [2.24, 2.45) is 0 Å². The normalized spacial score (nSPS) is 23.4. The second-order valence-electron chi connectivity index (χ2n) is 13.0. The molecule has 7 unspecified atom stereocenters. The Labute approximate surface area is 274 Å². The molecule has 45 heavy (non-hydrogen) atoms. The predicted molar refractivity (Wildman–Crippen MR) is 180 cm³/mol. The van der Waals surface area contributed by atoms with Gasteiger partial charge >= 0.3 is 0 Å². The molecule has 1 saturated heterocycles. The lowest BCUT2D eigenvalue weighted by atomic mass is 9.99. The number of allylic oxidation sites excluding steroid dienone is 1. The van der Waals surface area contributed by atoms with Crippen molar-refractivity contribution in [1.82, 2.24) is 5.32 Å². The lowest BCUT2D eigenvalue weighted by Gasteiger charge is -2.40. The third kappa shape index (κ3) is 20.0. The van der Waals surface area contributed by atoms with Crippen molar-refractivity contribution in [2.45, 2.75) is 198 Å². The summed E-state index contributed by atoms with van der Waals surface area (Å²) in [5, 5.41) is 53.4. The van der Waals surface area contributed by atoms with Gasteiger partial charge in [0.25, 0.3) is 0 Å². The molecule has 1 heterocycles. The second-order valence-corrected chi connectivity index (χ2v) is 13.0. The zero-order valence-electron chi connectivity index (χ0n) is 28.6. The van der Waals surface area contributed by atoms with Crippen molar-refractivity contribution in [2.75, 3.05) is 13.2 Å². The van der Waals surface area contributed by atoms with E-state index in [1.54, 1.807) is 6.08 Å². The summed E-state index contributed by atoms with van der Waals surface area (Å²) in [4.78, 5) is 12.5. The molecular weight excluding hydrogens is 574 g/mol. The number of nitrogens with one attached hydrogen (secondary N) is 1. The van der Waals surface area contributed by atoms with Crippen molar-refractivity contribution in [3.8, 4) is 0 Å². The number of ether oxygens (including phenoxy) is 2. The Morgan fingerprint density at radius 2 is 1.22 bits per heavy atom. The second kappa shape index (κ2) is 28.0. The fourth-order valence-corrected chi connectivity index (χ4v) is 5.80. The standard InChI is InChI=1S/C36H69NO8/c1-3-5-7-8-9-10-11-12-13-14-15-16-17-18-19-20-21-22-24-25-30(39)29(37-32(40)26-23-6-4-2)28-44-36-35(43)34(42)33(41)31(27-38)45-36/h24-25,29-31,33-36,38-39,41-43H,3-23,26-28H2,1-2H3,(H,37,40)/b25-24+. The van der Waals surface area contributed by atoms with E-state index in [-0.39, 0.29) is 12.5 Å². The lowest BCUT2D eigenvalue weighted by Crippen LogP contribution is -2.60. The molecule has 0 aliphatic carbocycles. The summed E-state index contributed by atoms with van der Waals surface area (Å²) in [6.45, 7) is 3.58. The summed E-state index contributed by atoms with van der Waals surface area (Å²) >= 11 is 0. The summed E-state index contributed by atoms with van der Waals surface area (Å²) in [6.07, 6.45) is 22.0. The van der Waals surface area contributed by atoms with E-state index in [9.17, 15) is 30.3 Å². The Morgan fingerprint density at radius 1 is 0.733 bits per heavy atom. The van der Waals surface area contributed by atoms with E-state index in [1.807, 2.05) is 6.08 Å². The molecule has 1 fully saturated rings. The number of hydrogen-bond donors (Lipinski definition) is 6. The van der Waals surface area contributed by atoms with Gasteiger partial charge in [-0.1, -0.05) is 142 Å². The zero-order valence-corrected chi connectivity index (χ0v) is 28.6. The van der Waals surface area contributed by atoms with E-state index < -0.39 is 49.5 Å². The molecule has 9 nitrogen and oxygen atoms in total. The summed E-state index contributed by atoms with van der Waals surface area (Å²) in [7, 11) is 0. The van der Waals surface area contributed by atoms with Gasteiger partial charge in [-0.05, 0) is 19.3 Å². The molecule has 9 heteroatoms. The van der Waals surface area contributed by atoms with Gasteiger partial charge in [-0.2, -0.15) is 0 Å². The van der Waals surface area contributed by atoms with Gasteiger partial charge in [0.2, 0.25) is 5.91 Å². The Kier molecular flexibility index (Phi) is 26.1. The third-order valence-electron chi connectivity index (χ3n) is 8.86. The molecule has 0 radical (unpaired) electrons. The topological polar surface area (TPSA) is 149 Å². The first-order chi connectivity index (χ1) is 21.8. The minimum atomic E-state index is -1.56. The first kappa shape index (κ1) is 42.0. The number of carbonyl (C=O) groups excluding carboxylic acids is 1. The number of carbonyl (C=O) groups is 1. The lowest BCUT2D eigenvalue weighted by molar-refractivity contribution is -0.302. The summed E-state index contributed by atoms with van der Waals surface area (Å²) in [5.74, 6) is -0.202. The van der Waals surface area contributed by atoms with Gasteiger partial charge in [-0.3, -0.25) is 4.79 Å². The average molecular weight is 644 g/mol. The third-order valence-corrected chi connectivity index (χ3v) is 8.86. The van der Waals surface area contributed by atoms with Crippen molar-refractivity contribution in [3.05, 3.63) is 12.2 Å². The number of rotatable bonds is 29. The van der Waals surface area contributed by atoms with Gasteiger partial charge in [0.05, 0.1) is 25.4 Å². The van der Waals surface area contributed by atoms with E-state index in [0.717, 1.165) is 38.5 Å². The number of aliphatic hydroxyl groups is 5. The molecule has 1 amide bonds. The highest BCUT2D eigenvalue weighted by Gasteiger charge is 2.44. The first-order valence-corrected chi connectivity index (χ1v) is 18.4. The number of hydrogen-bond acceptors (Lipinski definition) is 8. The molecule has 0 aromatic carbocycles. The van der Waals surface area contributed by atoms with Gasteiger partial charge in [-0.15, -0.1) is 0 Å². The average Bonchev–Trinajstić information content (AvgIpc) is 3.03. The highest BCUT2D eigenvalue weighted by atomic mass is 16.7. The maximum Gasteiger partial charge on any atom is 0.220 e. The fraction of sp³-hybridized carbons (Fsp3) is 0.917. The number of amides is 1. The Morgan fingerprint density at radius 3 is 1.73 bits per heavy atom. The van der Waals surface area contributed by atoms with E-state index >= 15 is 0 Å². The van der Waals surface area contributed by atoms with Crippen LogP contribution in [-0.2, 0) is 14.3 Å². The van der Waals surface area contributed by atoms with E-state index in [4.69, 9.17) is 9.47 Å². The summed E-state index contributed by atoms with van der Waals surface area (Å²) in [6, 6.07) is -0.793. The summed E-state index contributed by atoms with van der Waals surface area (Å²) < 4.78 is 11.0. The van der Waals surface area contributed by atoms with E-state index in [1.165, 1.54) is 96.3 Å². The van der Waals surface area contributed by atoms with Crippen molar-refractivity contribution in [3.63, 3.8) is 0 Å². The summed E-state index contributed by atoms with van der Waals surface area (Å²) in [5.41, 5.74) is 0.